The number of nitrogens with zero attached hydrogens (tertiary/aromatic N) is 2. The van der Waals surface area contributed by atoms with Crippen LogP contribution >= 0.6 is 0 Å². The predicted molar refractivity (Wildman–Crippen MR) is 24.6 cm³/mol. The fraction of sp³-hybridized carbons (Fsp3) is 0.500. The standard InChI is InChI=1S/C4H6N3/c1-2-4-5-3-6-7-4/h2H2,1H3,(H,5,6,7). The summed E-state index contributed by atoms with van der Waals surface area (Å²) in [5, 5.41) is 6.24. The van der Waals surface area contributed by atoms with Crippen LogP contribution in [-0.2, 0) is 6.42 Å². The second-order valence-electron chi connectivity index (χ2n) is 1.22. The van der Waals surface area contributed by atoms with Crippen LogP contribution in [0.4, 0.5) is 0 Å². The van der Waals surface area contributed by atoms with Gasteiger partial charge < -0.3 is 0 Å². The number of aromatic amines is 1. The molecule has 0 atom stereocenters. The molecule has 0 saturated carbocycles. The molecule has 0 unspecified atom stereocenters. The highest BCUT2D eigenvalue weighted by molar-refractivity contribution is 4.75. The van der Waals surface area contributed by atoms with Gasteiger partial charge in [-0.05, 0) is 0 Å². The SMILES string of the molecule is CCc1n[c][nH]n1. The molecule has 1 rings (SSSR count). The number of nitrogens with one attached hydrogen (secondary N) is 1. The highest BCUT2D eigenvalue weighted by atomic mass is 15.2. The number of rotatable bonds is 1. The van der Waals surface area contributed by atoms with Gasteiger partial charge in [0, 0.05) is 6.42 Å². The van der Waals surface area contributed by atoms with Crippen molar-refractivity contribution < 1.29 is 0 Å². The third-order valence-corrected chi connectivity index (χ3v) is 0.736. The van der Waals surface area contributed by atoms with Crippen molar-refractivity contribution in [2.45, 2.75) is 13.3 Å². The van der Waals surface area contributed by atoms with Gasteiger partial charge in [0.25, 0.3) is 0 Å². The van der Waals surface area contributed by atoms with E-state index in [4.69, 9.17) is 0 Å². The highest BCUT2D eigenvalue weighted by Gasteiger charge is 1.86. The summed E-state index contributed by atoms with van der Waals surface area (Å²) in [6.45, 7) is 2.00. The van der Waals surface area contributed by atoms with Crippen molar-refractivity contribution in [3.63, 3.8) is 0 Å². The second kappa shape index (κ2) is 1.73. The van der Waals surface area contributed by atoms with Gasteiger partial charge in [0.05, 0.1) is 0 Å². The summed E-state index contributed by atoms with van der Waals surface area (Å²) in [4.78, 5) is 3.74. The molecule has 0 spiro atoms. The van der Waals surface area contributed by atoms with Crippen molar-refractivity contribution in [2.75, 3.05) is 0 Å². The van der Waals surface area contributed by atoms with E-state index in [-0.39, 0.29) is 0 Å². The summed E-state index contributed by atoms with van der Waals surface area (Å²) in [7, 11) is 0. The molecule has 0 fully saturated rings. The molecule has 1 aromatic rings. The Balaban J connectivity index is 2.76. The first-order valence-electron chi connectivity index (χ1n) is 2.21. The number of aryl methyl sites for hydroxylation is 1. The molecule has 0 amide bonds. The van der Waals surface area contributed by atoms with E-state index < -0.39 is 0 Å². The lowest BCUT2D eigenvalue weighted by atomic mass is 10.5. The van der Waals surface area contributed by atoms with Crippen molar-refractivity contribution >= 4 is 0 Å². The molecule has 3 nitrogen and oxygen atoms in total. The van der Waals surface area contributed by atoms with E-state index in [0.29, 0.717) is 0 Å². The zero-order valence-corrected chi connectivity index (χ0v) is 4.10. The Hall–Kier alpha value is -0.860. The summed E-state index contributed by atoms with van der Waals surface area (Å²) >= 11 is 0. The monoisotopic (exact) mass is 96.1 g/mol. The maximum Gasteiger partial charge on any atom is 0.193 e. The van der Waals surface area contributed by atoms with Gasteiger partial charge in [0.1, 0.15) is 0 Å². The Labute approximate surface area is 41.8 Å². The van der Waals surface area contributed by atoms with Crippen molar-refractivity contribution in [1.29, 1.82) is 0 Å². The molecule has 0 aliphatic heterocycles. The number of aromatic nitrogens is 3. The average molecular weight is 96.1 g/mol. The van der Waals surface area contributed by atoms with Crippen LogP contribution in [0.3, 0.4) is 0 Å². The largest absolute Gasteiger partial charge is 0.256 e. The van der Waals surface area contributed by atoms with Crippen LogP contribution < -0.4 is 0 Å². The quantitative estimate of drug-likeness (QED) is 0.541. The molecule has 0 aliphatic rings. The molecule has 37 valence electrons. The third-order valence-electron chi connectivity index (χ3n) is 0.736. The van der Waals surface area contributed by atoms with Crippen molar-refractivity contribution in [2.24, 2.45) is 0 Å². The lowest BCUT2D eigenvalue weighted by molar-refractivity contribution is 0.946. The first kappa shape index (κ1) is 4.30. The number of H-pyrrole nitrogens is 1. The van der Waals surface area contributed by atoms with E-state index in [0.717, 1.165) is 12.2 Å². The molecule has 3 heteroatoms. The third kappa shape index (κ3) is 0.765. The average Bonchev–Trinajstić information content (AvgIpc) is 2.14. The van der Waals surface area contributed by atoms with E-state index in [1.807, 2.05) is 6.92 Å². The molecule has 1 aromatic heterocycles. The van der Waals surface area contributed by atoms with Gasteiger partial charge in [-0.25, -0.2) is 4.98 Å². The number of hydrogen-bond acceptors (Lipinski definition) is 2. The van der Waals surface area contributed by atoms with E-state index in [9.17, 15) is 0 Å². The first-order chi connectivity index (χ1) is 3.43. The van der Waals surface area contributed by atoms with Gasteiger partial charge in [-0.2, -0.15) is 5.10 Å². The number of hydrogen-bond donors (Lipinski definition) is 1. The zero-order valence-electron chi connectivity index (χ0n) is 4.10. The van der Waals surface area contributed by atoms with E-state index in [1.54, 1.807) is 0 Å². The molecule has 1 radical (unpaired) electrons. The lowest BCUT2D eigenvalue weighted by Gasteiger charge is -1.74. The summed E-state index contributed by atoms with van der Waals surface area (Å²) in [5.74, 6) is 0.819. The first-order valence-corrected chi connectivity index (χ1v) is 2.21. The Kier molecular flexibility index (Phi) is 1.06. The van der Waals surface area contributed by atoms with Crippen LogP contribution in [0.2, 0.25) is 0 Å². The minimum atomic E-state index is 0.819. The zero-order chi connectivity index (χ0) is 5.11. The summed E-state index contributed by atoms with van der Waals surface area (Å²) in [6, 6.07) is 0. The fourth-order valence-electron chi connectivity index (χ4n) is 0.362. The van der Waals surface area contributed by atoms with E-state index in [2.05, 4.69) is 21.5 Å². The second-order valence-corrected chi connectivity index (χ2v) is 1.22. The Morgan fingerprint density at radius 1 is 1.86 bits per heavy atom. The molecule has 1 N–H and O–H groups in total. The lowest BCUT2D eigenvalue weighted by Crippen LogP contribution is -1.79. The minimum Gasteiger partial charge on any atom is -0.256 e. The molecule has 0 bridgehead atoms. The van der Waals surface area contributed by atoms with Gasteiger partial charge in [-0.1, -0.05) is 6.92 Å². The van der Waals surface area contributed by atoms with Gasteiger partial charge in [0.15, 0.2) is 12.2 Å². The van der Waals surface area contributed by atoms with Crippen LogP contribution in [0.25, 0.3) is 0 Å². The van der Waals surface area contributed by atoms with E-state index >= 15 is 0 Å². The van der Waals surface area contributed by atoms with Gasteiger partial charge >= 0.3 is 0 Å². The molecule has 1 heterocycles. The molecule has 0 saturated heterocycles. The summed E-state index contributed by atoms with van der Waals surface area (Å²) in [5.41, 5.74) is 0. The smallest absolute Gasteiger partial charge is 0.193 e. The maximum absolute atomic E-state index is 3.74. The Morgan fingerprint density at radius 3 is 3.00 bits per heavy atom. The Morgan fingerprint density at radius 2 is 2.71 bits per heavy atom. The van der Waals surface area contributed by atoms with Crippen LogP contribution in [0.15, 0.2) is 0 Å². The van der Waals surface area contributed by atoms with Crippen LogP contribution in [0.5, 0.6) is 0 Å². The molecular formula is C4H6N3. The van der Waals surface area contributed by atoms with Crippen molar-refractivity contribution in [1.82, 2.24) is 15.2 Å². The van der Waals surface area contributed by atoms with Gasteiger partial charge in [0.2, 0.25) is 0 Å². The van der Waals surface area contributed by atoms with Crippen molar-refractivity contribution in [3.05, 3.63) is 12.2 Å². The fourth-order valence-corrected chi connectivity index (χ4v) is 0.362. The van der Waals surface area contributed by atoms with Gasteiger partial charge in [-0.15, -0.1) is 0 Å². The topological polar surface area (TPSA) is 41.6 Å². The molecule has 7 heavy (non-hydrogen) atoms. The van der Waals surface area contributed by atoms with Crippen molar-refractivity contribution in [3.8, 4) is 0 Å². The molecule has 0 aliphatic carbocycles. The highest BCUT2D eigenvalue weighted by Crippen LogP contribution is 1.81. The Bertz CT molecular complexity index is 121. The van der Waals surface area contributed by atoms with Crippen LogP contribution in [0, 0.1) is 6.33 Å². The minimum absolute atomic E-state index is 0.819. The predicted octanol–water partition coefficient (Wildman–Crippen LogP) is 0.167. The van der Waals surface area contributed by atoms with Crippen LogP contribution in [0.1, 0.15) is 12.7 Å². The molecular weight excluding hydrogens is 90.1 g/mol. The molecule has 0 aromatic carbocycles. The normalized spacial score (nSPS) is 9.29. The van der Waals surface area contributed by atoms with E-state index in [1.165, 1.54) is 0 Å². The van der Waals surface area contributed by atoms with Gasteiger partial charge in [-0.3, -0.25) is 5.10 Å². The maximum atomic E-state index is 3.74. The summed E-state index contributed by atoms with van der Waals surface area (Å²) in [6.07, 6.45) is 3.37. The summed E-state index contributed by atoms with van der Waals surface area (Å²) < 4.78 is 0. The van der Waals surface area contributed by atoms with Crippen LogP contribution in [-0.4, -0.2) is 15.2 Å².